The van der Waals surface area contributed by atoms with Gasteiger partial charge in [-0.05, 0) is 36.8 Å². The Morgan fingerprint density at radius 3 is 2.56 bits per heavy atom. The van der Waals surface area contributed by atoms with E-state index in [1.54, 1.807) is 12.1 Å². The van der Waals surface area contributed by atoms with Gasteiger partial charge in [-0.1, -0.05) is 30.3 Å². The second-order valence-corrected chi connectivity index (χ2v) is 8.14. The summed E-state index contributed by atoms with van der Waals surface area (Å²) in [7, 11) is -3.59. The molecule has 0 radical (unpaired) electrons. The predicted octanol–water partition coefficient (Wildman–Crippen LogP) is 2.84. The average Bonchev–Trinajstić information content (AvgIpc) is 2.68. The molecular formula is C19H22N2O5S. The third-order valence-electron chi connectivity index (χ3n) is 4.23. The maximum absolute atomic E-state index is 12.7. The van der Waals surface area contributed by atoms with Crippen LogP contribution in [0.5, 0.6) is 0 Å². The fourth-order valence-corrected chi connectivity index (χ4v) is 4.39. The van der Waals surface area contributed by atoms with Crippen LogP contribution in [0.2, 0.25) is 0 Å². The molecule has 1 aliphatic heterocycles. The maximum atomic E-state index is 12.7. The second kappa shape index (κ2) is 8.51. The Kier molecular flexibility index (Phi) is 6.10. The Hall–Kier alpha value is -2.42. The van der Waals surface area contributed by atoms with Gasteiger partial charge >= 0.3 is 6.09 Å². The van der Waals surface area contributed by atoms with Crippen LogP contribution in [0, 0.1) is 0 Å². The molecule has 0 bridgehead atoms. The summed E-state index contributed by atoms with van der Waals surface area (Å²) in [6.45, 7) is 3.07. The van der Waals surface area contributed by atoms with Crippen molar-refractivity contribution in [3.63, 3.8) is 0 Å². The third kappa shape index (κ3) is 4.85. The minimum Gasteiger partial charge on any atom is -0.444 e. The molecule has 1 unspecified atom stereocenters. The lowest BCUT2D eigenvalue weighted by atomic mass is 10.2. The normalized spacial score (nSPS) is 18.0. The van der Waals surface area contributed by atoms with Crippen LogP contribution < -0.4 is 5.32 Å². The molecule has 0 spiro atoms. The Bertz CT molecular complexity index is 869. The van der Waals surface area contributed by atoms with Gasteiger partial charge in [-0.25, -0.2) is 13.2 Å². The summed E-state index contributed by atoms with van der Waals surface area (Å²) in [5.74, 6) is 0. The third-order valence-corrected chi connectivity index (χ3v) is 6.25. The molecule has 2 aromatic carbocycles. The van der Waals surface area contributed by atoms with E-state index in [1.165, 1.54) is 16.4 Å². The van der Waals surface area contributed by atoms with Crippen molar-refractivity contribution in [1.29, 1.82) is 0 Å². The number of morpholine rings is 1. The lowest BCUT2D eigenvalue weighted by Gasteiger charge is -2.32. The van der Waals surface area contributed by atoms with Crippen LogP contribution in [0.1, 0.15) is 12.5 Å². The van der Waals surface area contributed by atoms with Crippen LogP contribution in [0.4, 0.5) is 10.5 Å². The van der Waals surface area contributed by atoms with E-state index in [2.05, 4.69) is 5.32 Å². The first-order valence-electron chi connectivity index (χ1n) is 8.64. The zero-order valence-electron chi connectivity index (χ0n) is 15.0. The Balaban J connectivity index is 1.60. The first-order valence-corrected chi connectivity index (χ1v) is 10.1. The number of benzene rings is 2. The molecule has 1 amide bonds. The number of nitrogens with zero attached hydrogens (tertiary/aromatic N) is 1. The summed E-state index contributed by atoms with van der Waals surface area (Å²) < 4.78 is 37.4. The number of amides is 1. The summed E-state index contributed by atoms with van der Waals surface area (Å²) >= 11 is 0. The Labute approximate surface area is 158 Å². The molecule has 3 rings (SSSR count). The Morgan fingerprint density at radius 2 is 1.89 bits per heavy atom. The number of carbonyl (C=O) groups is 1. The summed E-state index contributed by atoms with van der Waals surface area (Å²) in [4.78, 5) is 12.1. The van der Waals surface area contributed by atoms with Crippen LogP contribution in [0.3, 0.4) is 0 Å². The molecule has 1 atom stereocenters. The summed E-state index contributed by atoms with van der Waals surface area (Å²) in [5, 5.41) is 2.59. The van der Waals surface area contributed by atoms with E-state index in [0.717, 1.165) is 5.56 Å². The molecule has 7 nitrogen and oxygen atoms in total. The smallest absolute Gasteiger partial charge is 0.411 e. The standard InChI is InChI=1S/C19H22N2O5S/c1-15-13-25-12-11-21(15)27(23,24)18-9-7-17(8-10-18)20-19(22)26-14-16-5-3-2-4-6-16/h2-10,15H,11-14H2,1H3,(H,20,22). The van der Waals surface area contributed by atoms with E-state index < -0.39 is 16.1 Å². The summed E-state index contributed by atoms with van der Waals surface area (Å²) in [6.07, 6.45) is -0.601. The van der Waals surface area contributed by atoms with Gasteiger partial charge in [-0.3, -0.25) is 5.32 Å². The van der Waals surface area contributed by atoms with E-state index in [-0.39, 0.29) is 17.5 Å². The molecule has 27 heavy (non-hydrogen) atoms. The van der Waals surface area contributed by atoms with Gasteiger partial charge in [0.25, 0.3) is 0 Å². The highest BCUT2D eigenvalue weighted by Crippen LogP contribution is 2.22. The van der Waals surface area contributed by atoms with Crippen molar-refractivity contribution < 1.29 is 22.7 Å². The number of hydrogen-bond donors (Lipinski definition) is 1. The van der Waals surface area contributed by atoms with Crippen molar-refractivity contribution >= 4 is 21.8 Å². The van der Waals surface area contributed by atoms with Crippen molar-refractivity contribution in [3.05, 3.63) is 60.2 Å². The van der Waals surface area contributed by atoms with Gasteiger partial charge in [0, 0.05) is 18.3 Å². The summed E-state index contributed by atoms with van der Waals surface area (Å²) in [5.41, 5.74) is 1.34. The van der Waals surface area contributed by atoms with Gasteiger partial charge in [0.05, 0.1) is 18.1 Å². The van der Waals surface area contributed by atoms with Gasteiger partial charge in [-0.15, -0.1) is 0 Å². The molecule has 1 fully saturated rings. The van der Waals surface area contributed by atoms with Crippen LogP contribution >= 0.6 is 0 Å². The fourth-order valence-electron chi connectivity index (χ4n) is 2.79. The number of anilines is 1. The van der Waals surface area contributed by atoms with Gasteiger partial charge in [0.2, 0.25) is 10.0 Å². The Morgan fingerprint density at radius 1 is 1.19 bits per heavy atom. The van der Waals surface area contributed by atoms with Gasteiger partial charge < -0.3 is 9.47 Å². The molecule has 1 saturated heterocycles. The highest BCUT2D eigenvalue weighted by atomic mass is 32.2. The zero-order chi connectivity index (χ0) is 19.3. The number of carbonyl (C=O) groups excluding carboxylic acids is 1. The number of hydrogen-bond acceptors (Lipinski definition) is 5. The first-order chi connectivity index (χ1) is 13.0. The van der Waals surface area contributed by atoms with Crippen LogP contribution in [-0.4, -0.2) is 44.6 Å². The number of rotatable bonds is 5. The molecule has 1 aliphatic rings. The van der Waals surface area contributed by atoms with Crippen molar-refractivity contribution in [2.75, 3.05) is 25.1 Å². The quantitative estimate of drug-likeness (QED) is 0.849. The van der Waals surface area contributed by atoms with E-state index >= 15 is 0 Å². The van der Waals surface area contributed by atoms with Crippen molar-refractivity contribution in [2.24, 2.45) is 0 Å². The zero-order valence-corrected chi connectivity index (χ0v) is 15.8. The molecule has 8 heteroatoms. The number of ether oxygens (including phenoxy) is 2. The molecule has 0 saturated carbocycles. The molecule has 0 aromatic heterocycles. The molecule has 144 valence electrons. The van der Waals surface area contributed by atoms with Gasteiger partial charge in [0.15, 0.2) is 0 Å². The van der Waals surface area contributed by atoms with Crippen molar-refractivity contribution in [2.45, 2.75) is 24.5 Å². The first kappa shape index (κ1) is 19.3. The SMILES string of the molecule is CC1COCCN1S(=O)(=O)c1ccc(NC(=O)OCc2ccccc2)cc1. The van der Waals surface area contributed by atoms with E-state index in [9.17, 15) is 13.2 Å². The van der Waals surface area contributed by atoms with Crippen LogP contribution in [0.15, 0.2) is 59.5 Å². The lowest BCUT2D eigenvalue weighted by Crippen LogP contribution is -2.46. The molecule has 1 N–H and O–H groups in total. The monoisotopic (exact) mass is 390 g/mol. The van der Waals surface area contributed by atoms with E-state index in [0.29, 0.717) is 25.4 Å². The van der Waals surface area contributed by atoms with Crippen molar-refractivity contribution in [3.8, 4) is 0 Å². The highest BCUT2D eigenvalue weighted by molar-refractivity contribution is 7.89. The van der Waals surface area contributed by atoms with Gasteiger partial charge in [0.1, 0.15) is 6.61 Å². The van der Waals surface area contributed by atoms with E-state index in [4.69, 9.17) is 9.47 Å². The minimum absolute atomic E-state index is 0.161. The second-order valence-electron chi connectivity index (χ2n) is 6.25. The molecule has 1 heterocycles. The molecular weight excluding hydrogens is 368 g/mol. The molecule has 0 aliphatic carbocycles. The fraction of sp³-hybridized carbons (Fsp3) is 0.316. The lowest BCUT2D eigenvalue weighted by molar-refractivity contribution is 0.0393. The largest absolute Gasteiger partial charge is 0.444 e. The van der Waals surface area contributed by atoms with E-state index in [1.807, 2.05) is 37.3 Å². The average molecular weight is 390 g/mol. The number of sulfonamides is 1. The van der Waals surface area contributed by atoms with Crippen LogP contribution in [0.25, 0.3) is 0 Å². The highest BCUT2D eigenvalue weighted by Gasteiger charge is 2.31. The van der Waals surface area contributed by atoms with Crippen LogP contribution in [-0.2, 0) is 26.1 Å². The molecule has 2 aromatic rings. The topological polar surface area (TPSA) is 84.9 Å². The van der Waals surface area contributed by atoms with Gasteiger partial charge in [-0.2, -0.15) is 4.31 Å². The maximum Gasteiger partial charge on any atom is 0.411 e. The van der Waals surface area contributed by atoms with Crippen molar-refractivity contribution in [1.82, 2.24) is 4.31 Å². The minimum atomic E-state index is -3.59. The predicted molar refractivity (Wildman–Crippen MR) is 101 cm³/mol. The number of nitrogens with one attached hydrogen (secondary N) is 1. The summed E-state index contributed by atoms with van der Waals surface area (Å²) in [6, 6.07) is 15.2.